The lowest BCUT2D eigenvalue weighted by molar-refractivity contribution is -0.111. The van der Waals surface area contributed by atoms with E-state index in [0.29, 0.717) is 29.6 Å². The smallest absolute Gasteiger partial charge is 0.272 e. The Morgan fingerprint density at radius 3 is 2.78 bits per heavy atom. The molecule has 0 bridgehead atoms. The molecule has 190 valence electrons. The molecule has 36 heavy (non-hydrogen) atoms. The minimum atomic E-state index is -0.314. The van der Waals surface area contributed by atoms with Crippen LogP contribution in [0.5, 0.6) is 0 Å². The summed E-state index contributed by atoms with van der Waals surface area (Å²) in [6, 6.07) is 3.33. The van der Waals surface area contributed by atoms with Crippen molar-refractivity contribution < 1.29 is 14.0 Å². The lowest BCUT2D eigenvalue weighted by Crippen LogP contribution is -2.40. The molecule has 4 rings (SSSR count). The third-order valence-corrected chi connectivity index (χ3v) is 8.07. The molecule has 10 heteroatoms. The van der Waals surface area contributed by atoms with Crippen LogP contribution in [0.3, 0.4) is 0 Å². The molecule has 1 atom stereocenters. The van der Waals surface area contributed by atoms with Gasteiger partial charge in [-0.25, -0.2) is 15.0 Å². The standard InChI is InChI=1S/C26H31N5O3S2/c1-5-21(32)30-18-8-9-19(27-12-18)25(33)31-10-6-7-17(15-31)11-23-29-14-24(36-23)35-16-22-28-13-20(34-22)26(2,3)4/h5,8-9,12-14,17H,1,6-7,10-11,15-16H2,2-4H3,(H,30,32). The largest absolute Gasteiger partial charge is 0.444 e. The first kappa shape index (κ1) is 26.1. The van der Waals surface area contributed by atoms with E-state index in [1.165, 1.54) is 12.3 Å². The molecular formula is C26H31N5O3S2. The number of hydrogen-bond acceptors (Lipinski definition) is 8. The van der Waals surface area contributed by atoms with Crippen molar-refractivity contribution in [3.05, 3.63) is 65.7 Å². The third-order valence-electron chi connectivity index (χ3n) is 5.87. The van der Waals surface area contributed by atoms with Crippen molar-refractivity contribution >= 4 is 40.6 Å². The number of oxazole rings is 1. The second-order valence-electron chi connectivity index (χ2n) is 9.82. The predicted octanol–water partition coefficient (Wildman–Crippen LogP) is 5.34. The Morgan fingerprint density at radius 2 is 2.08 bits per heavy atom. The van der Waals surface area contributed by atoms with Gasteiger partial charge < -0.3 is 14.6 Å². The second kappa shape index (κ2) is 11.4. The maximum atomic E-state index is 13.0. The monoisotopic (exact) mass is 525 g/mol. The van der Waals surface area contributed by atoms with E-state index in [4.69, 9.17) is 4.42 Å². The van der Waals surface area contributed by atoms with Crippen LogP contribution in [-0.4, -0.2) is 44.8 Å². The van der Waals surface area contributed by atoms with Crippen LogP contribution in [0.2, 0.25) is 0 Å². The van der Waals surface area contributed by atoms with Gasteiger partial charge in [-0.2, -0.15) is 0 Å². The van der Waals surface area contributed by atoms with Crippen molar-refractivity contribution in [1.82, 2.24) is 19.9 Å². The SMILES string of the molecule is C=CC(=O)Nc1ccc(C(=O)N2CCCC(Cc3ncc(SCc4ncc(C(C)(C)C)o4)s3)C2)nc1. The number of nitrogens with zero attached hydrogens (tertiary/aromatic N) is 4. The van der Waals surface area contributed by atoms with Crippen molar-refractivity contribution in [2.45, 2.75) is 55.4 Å². The van der Waals surface area contributed by atoms with E-state index in [9.17, 15) is 9.59 Å². The van der Waals surface area contributed by atoms with Gasteiger partial charge in [0.1, 0.15) is 11.5 Å². The van der Waals surface area contributed by atoms with E-state index in [0.717, 1.165) is 46.7 Å². The molecule has 1 saturated heterocycles. The highest BCUT2D eigenvalue weighted by molar-refractivity contribution is 8.00. The number of likely N-dealkylation sites (tertiary alicyclic amines) is 1. The molecule has 1 fully saturated rings. The summed E-state index contributed by atoms with van der Waals surface area (Å²) in [5, 5.41) is 3.72. The van der Waals surface area contributed by atoms with Crippen molar-refractivity contribution in [2.75, 3.05) is 18.4 Å². The van der Waals surface area contributed by atoms with Gasteiger partial charge in [0.25, 0.3) is 5.91 Å². The summed E-state index contributed by atoms with van der Waals surface area (Å²) in [4.78, 5) is 39.6. The van der Waals surface area contributed by atoms with Crippen molar-refractivity contribution in [2.24, 2.45) is 5.92 Å². The molecule has 1 aliphatic rings. The van der Waals surface area contributed by atoms with E-state index in [2.05, 4.69) is 47.6 Å². The molecule has 1 unspecified atom stereocenters. The number of piperidine rings is 1. The molecule has 0 spiro atoms. The van der Waals surface area contributed by atoms with Crippen LogP contribution in [0.15, 0.2) is 52.0 Å². The van der Waals surface area contributed by atoms with Crippen LogP contribution in [0.4, 0.5) is 5.69 Å². The molecule has 4 heterocycles. The maximum absolute atomic E-state index is 13.0. The van der Waals surface area contributed by atoms with Gasteiger partial charge in [-0.15, -0.1) is 23.1 Å². The lowest BCUT2D eigenvalue weighted by atomic mass is 9.94. The second-order valence-corrected chi connectivity index (χ2v) is 12.2. The number of thiazole rings is 1. The third kappa shape index (κ3) is 6.82. The number of carbonyl (C=O) groups is 2. The fourth-order valence-electron chi connectivity index (χ4n) is 3.92. The molecule has 2 amide bonds. The first-order chi connectivity index (χ1) is 17.2. The zero-order chi connectivity index (χ0) is 25.7. The fourth-order valence-corrected chi connectivity index (χ4v) is 5.91. The van der Waals surface area contributed by atoms with Gasteiger partial charge in [-0.05, 0) is 37.0 Å². The Bertz CT molecular complexity index is 1210. The number of hydrogen-bond donors (Lipinski definition) is 1. The molecule has 0 radical (unpaired) electrons. The summed E-state index contributed by atoms with van der Waals surface area (Å²) < 4.78 is 7.02. The predicted molar refractivity (Wildman–Crippen MR) is 142 cm³/mol. The molecule has 0 aliphatic carbocycles. The molecular weight excluding hydrogens is 494 g/mol. The number of pyridine rings is 1. The minimum Gasteiger partial charge on any atom is -0.444 e. The van der Waals surface area contributed by atoms with Crippen molar-refractivity contribution in [3.8, 4) is 0 Å². The van der Waals surface area contributed by atoms with E-state index in [1.807, 2.05) is 17.3 Å². The van der Waals surface area contributed by atoms with Gasteiger partial charge in [0.05, 0.1) is 39.2 Å². The number of nitrogens with one attached hydrogen (secondary N) is 1. The van der Waals surface area contributed by atoms with Crippen LogP contribution in [0.25, 0.3) is 0 Å². The number of aromatic nitrogens is 3. The van der Waals surface area contributed by atoms with Gasteiger partial charge >= 0.3 is 0 Å². The van der Waals surface area contributed by atoms with Crippen LogP contribution >= 0.6 is 23.1 Å². The Kier molecular flexibility index (Phi) is 8.25. The Morgan fingerprint density at radius 1 is 1.25 bits per heavy atom. The topological polar surface area (TPSA) is 101 Å². The zero-order valence-electron chi connectivity index (χ0n) is 20.8. The summed E-state index contributed by atoms with van der Waals surface area (Å²) in [6.45, 7) is 11.2. The summed E-state index contributed by atoms with van der Waals surface area (Å²) >= 11 is 3.38. The molecule has 1 aliphatic heterocycles. The molecule has 0 aromatic carbocycles. The zero-order valence-corrected chi connectivity index (χ0v) is 22.5. The molecule has 3 aromatic heterocycles. The van der Waals surface area contributed by atoms with Crippen LogP contribution < -0.4 is 5.32 Å². The molecule has 8 nitrogen and oxygen atoms in total. The van der Waals surface area contributed by atoms with Gasteiger partial charge in [0, 0.05) is 24.9 Å². The average Bonchev–Trinajstić information content (AvgIpc) is 3.52. The van der Waals surface area contributed by atoms with Gasteiger partial charge in [0.15, 0.2) is 0 Å². The van der Waals surface area contributed by atoms with Gasteiger partial charge in [-0.3, -0.25) is 9.59 Å². The number of anilines is 1. The first-order valence-corrected chi connectivity index (χ1v) is 13.7. The summed E-state index contributed by atoms with van der Waals surface area (Å²) in [5.74, 6) is 2.25. The highest BCUT2D eigenvalue weighted by Crippen LogP contribution is 2.32. The van der Waals surface area contributed by atoms with Crippen LogP contribution in [-0.2, 0) is 22.4 Å². The van der Waals surface area contributed by atoms with Crippen LogP contribution in [0, 0.1) is 5.92 Å². The normalized spacial score (nSPS) is 16.1. The Labute approximate surface area is 219 Å². The van der Waals surface area contributed by atoms with Gasteiger partial charge in [-0.1, -0.05) is 27.4 Å². The number of rotatable bonds is 8. The highest BCUT2D eigenvalue weighted by atomic mass is 32.2. The number of carbonyl (C=O) groups excluding carboxylic acids is 2. The minimum absolute atomic E-state index is 0.0502. The van der Waals surface area contributed by atoms with Gasteiger partial charge in [0.2, 0.25) is 11.8 Å². The lowest BCUT2D eigenvalue weighted by Gasteiger charge is -2.32. The van der Waals surface area contributed by atoms with E-state index in [-0.39, 0.29) is 17.2 Å². The fraction of sp³-hybridized carbons (Fsp3) is 0.423. The number of thioether (sulfide) groups is 1. The summed E-state index contributed by atoms with van der Waals surface area (Å²) in [6.07, 6.45) is 9.29. The molecule has 0 saturated carbocycles. The van der Waals surface area contributed by atoms with E-state index in [1.54, 1.807) is 35.2 Å². The number of amides is 2. The summed E-state index contributed by atoms with van der Waals surface area (Å²) in [5.41, 5.74) is 0.856. The Balaban J connectivity index is 1.29. The summed E-state index contributed by atoms with van der Waals surface area (Å²) in [7, 11) is 0. The van der Waals surface area contributed by atoms with Crippen molar-refractivity contribution in [3.63, 3.8) is 0 Å². The Hall–Kier alpha value is -2.98. The molecule has 3 aromatic rings. The quantitative estimate of drug-likeness (QED) is 0.313. The highest BCUT2D eigenvalue weighted by Gasteiger charge is 2.26. The van der Waals surface area contributed by atoms with Crippen molar-refractivity contribution in [1.29, 1.82) is 0 Å². The average molecular weight is 526 g/mol. The maximum Gasteiger partial charge on any atom is 0.272 e. The van der Waals surface area contributed by atoms with E-state index < -0.39 is 0 Å². The first-order valence-electron chi connectivity index (χ1n) is 11.9. The van der Waals surface area contributed by atoms with E-state index >= 15 is 0 Å². The van der Waals surface area contributed by atoms with Crippen LogP contribution in [0.1, 0.15) is 60.8 Å². The molecule has 1 N–H and O–H groups in total.